The van der Waals surface area contributed by atoms with E-state index in [1.165, 1.54) is 17.3 Å². The number of hydrogen-bond donors (Lipinski definition) is 1. The molecule has 5 nitrogen and oxygen atoms in total. The van der Waals surface area contributed by atoms with Crippen LogP contribution >= 0.6 is 0 Å². The highest BCUT2D eigenvalue weighted by Gasteiger charge is 2.17. The first-order valence-corrected chi connectivity index (χ1v) is 12.0. The van der Waals surface area contributed by atoms with E-state index in [0.717, 1.165) is 49.7 Å². The van der Waals surface area contributed by atoms with Gasteiger partial charge in [0.15, 0.2) is 0 Å². The summed E-state index contributed by atoms with van der Waals surface area (Å²) in [4.78, 5) is 17.3. The molecule has 5 rings (SSSR count). The van der Waals surface area contributed by atoms with Crippen molar-refractivity contribution in [1.82, 2.24) is 4.90 Å². The summed E-state index contributed by atoms with van der Waals surface area (Å²) < 4.78 is 5.82. The van der Waals surface area contributed by atoms with E-state index in [4.69, 9.17) is 4.42 Å². The molecule has 4 aromatic rings. The molecule has 5 heteroatoms. The van der Waals surface area contributed by atoms with E-state index < -0.39 is 0 Å². The molecule has 176 valence electrons. The van der Waals surface area contributed by atoms with Crippen LogP contribution in [0.1, 0.15) is 11.3 Å². The topological polar surface area (TPSA) is 48.7 Å². The van der Waals surface area contributed by atoms with Crippen LogP contribution in [0, 0.1) is 0 Å². The summed E-state index contributed by atoms with van der Waals surface area (Å²) in [6.45, 7) is 5.07. The Morgan fingerprint density at radius 2 is 1.49 bits per heavy atom. The lowest BCUT2D eigenvalue weighted by atomic mass is 10.2. The van der Waals surface area contributed by atoms with Crippen molar-refractivity contribution >= 4 is 23.4 Å². The van der Waals surface area contributed by atoms with E-state index in [-0.39, 0.29) is 5.91 Å². The van der Waals surface area contributed by atoms with E-state index in [0.29, 0.717) is 5.76 Å². The number of carbonyl (C=O) groups is 1. The number of nitrogens with zero attached hydrogens (tertiary/aromatic N) is 2. The highest BCUT2D eigenvalue weighted by Crippen LogP contribution is 2.23. The number of nitrogens with one attached hydrogen (secondary N) is 1. The molecule has 3 aromatic carbocycles. The fourth-order valence-electron chi connectivity index (χ4n) is 4.30. The second kappa shape index (κ2) is 10.9. The average Bonchev–Trinajstić information content (AvgIpc) is 3.39. The monoisotopic (exact) mass is 463 g/mol. The quantitative estimate of drug-likeness (QED) is 0.346. The van der Waals surface area contributed by atoms with Crippen molar-refractivity contribution in [1.29, 1.82) is 0 Å². The Balaban J connectivity index is 1.11. The summed E-state index contributed by atoms with van der Waals surface area (Å²) in [5.74, 6) is 1.23. The Morgan fingerprint density at radius 1 is 0.800 bits per heavy atom. The number of hydrogen-bond acceptors (Lipinski definition) is 4. The maximum Gasteiger partial charge on any atom is 0.248 e. The Hall–Kier alpha value is -4.09. The molecule has 2 heterocycles. The third-order valence-corrected chi connectivity index (χ3v) is 6.21. The molecule has 1 fully saturated rings. The zero-order valence-electron chi connectivity index (χ0n) is 19.6. The molecule has 0 saturated carbocycles. The Morgan fingerprint density at radius 3 is 2.20 bits per heavy atom. The minimum absolute atomic E-state index is 0.190. The van der Waals surface area contributed by atoms with Crippen LogP contribution in [-0.4, -0.2) is 37.0 Å². The molecule has 1 aromatic heterocycles. The van der Waals surface area contributed by atoms with E-state index in [2.05, 4.69) is 57.6 Å². The van der Waals surface area contributed by atoms with Crippen molar-refractivity contribution in [2.75, 3.05) is 36.4 Å². The standard InChI is InChI=1S/C30H29N3O2/c34-30(18-16-28-15-17-29(35-28)25-9-5-2-6-10-25)31-26-11-13-27(14-12-26)33-21-19-32(20-22-33)23-24-7-3-1-4-8-24/h1-18H,19-23H2,(H,31,34)/b18-16+. The highest BCUT2D eigenvalue weighted by atomic mass is 16.3. The van der Waals surface area contributed by atoms with Gasteiger partial charge in [0.05, 0.1) is 0 Å². The van der Waals surface area contributed by atoms with Gasteiger partial charge in [0.2, 0.25) is 5.91 Å². The van der Waals surface area contributed by atoms with Crippen LogP contribution in [0.4, 0.5) is 11.4 Å². The molecular formula is C30H29N3O2. The van der Waals surface area contributed by atoms with Gasteiger partial charge in [-0.15, -0.1) is 0 Å². The first kappa shape index (κ1) is 22.7. The average molecular weight is 464 g/mol. The van der Waals surface area contributed by atoms with Crippen molar-refractivity contribution in [3.05, 3.63) is 114 Å². The number of anilines is 2. The third-order valence-electron chi connectivity index (χ3n) is 6.21. The molecule has 1 amide bonds. The van der Waals surface area contributed by atoms with Crippen LogP contribution in [0.25, 0.3) is 17.4 Å². The van der Waals surface area contributed by atoms with Crippen LogP contribution in [0.15, 0.2) is 108 Å². The summed E-state index contributed by atoms with van der Waals surface area (Å²) in [5.41, 5.74) is 4.32. The smallest absolute Gasteiger partial charge is 0.248 e. The molecule has 0 atom stereocenters. The molecule has 0 radical (unpaired) electrons. The summed E-state index contributed by atoms with van der Waals surface area (Å²) >= 11 is 0. The first-order valence-electron chi connectivity index (χ1n) is 12.0. The molecule has 1 aliphatic rings. The molecule has 0 bridgehead atoms. The van der Waals surface area contributed by atoms with Gasteiger partial charge in [0.25, 0.3) is 0 Å². The minimum Gasteiger partial charge on any atom is -0.457 e. The van der Waals surface area contributed by atoms with Gasteiger partial charge in [0.1, 0.15) is 11.5 Å². The number of carbonyl (C=O) groups excluding carboxylic acids is 1. The van der Waals surface area contributed by atoms with Crippen molar-refractivity contribution in [3.8, 4) is 11.3 Å². The Bertz CT molecular complexity index is 1260. The number of benzene rings is 3. The summed E-state index contributed by atoms with van der Waals surface area (Å²) in [6.07, 6.45) is 3.18. The lowest BCUT2D eigenvalue weighted by Crippen LogP contribution is -2.45. The molecular weight excluding hydrogens is 434 g/mol. The largest absolute Gasteiger partial charge is 0.457 e. The molecule has 0 unspecified atom stereocenters. The van der Waals surface area contributed by atoms with Crippen molar-refractivity contribution in [3.63, 3.8) is 0 Å². The number of rotatable bonds is 7. The second-order valence-corrected chi connectivity index (χ2v) is 8.69. The summed E-state index contributed by atoms with van der Waals surface area (Å²) in [7, 11) is 0. The SMILES string of the molecule is O=C(/C=C/c1ccc(-c2ccccc2)o1)Nc1ccc(N2CCN(Cc3ccccc3)CC2)cc1. The van der Waals surface area contributed by atoms with Gasteiger partial charge in [-0.05, 0) is 48.0 Å². The number of piperazine rings is 1. The van der Waals surface area contributed by atoms with Crippen LogP contribution in [0.2, 0.25) is 0 Å². The fraction of sp³-hybridized carbons (Fsp3) is 0.167. The highest BCUT2D eigenvalue weighted by molar-refractivity contribution is 6.01. The van der Waals surface area contributed by atoms with Crippen LogP contribution in [0.3, 0.4) is 0 Å². The molecule has 0 aliphatic carbocycles. The van der Waals surface area contributed by atoms with Gasteiger partial charge in [-0.1, -0.05) is 60.7 Å². The normalized spacial score (nSPS) is 14.3. The van der Waals surface area contributed by atoms with Crippen LogP contribution < -0.4 is 10.2 Å². The van der Waals surface area contributed by atoms with Crippen LogP contribution in [0.5, 0.6) is 0 Å². The van der Waals surface area contributed by atoms with E-state index in [1.54, 1.807) is 6.08 Å². The van der Waals surface area contributed by atoms with Gasteiger partial charge in [-0.2, -0.15) is 0 Å². The maximum absolute atomic E-state index is 12.4. The molecule has 35 heavy (non-hydrogen) atoms. The van der Waals surface area contributed by atoms with E-state index >= 15 is 0 Å². The lowest BCUT2D eigenvalue weighted by Gasteiger charge is -2.36. The summed E-state index contributed by atoms with van der Waals surface area (Å²) in [5, 5.41) is 2.92. The van der Waals surface area contributed by atoms with Crippen molar-refractivity contribution in [2.24, 2.45) is 0 Å². The minimum atomic E-state index is -0.190. The van der Waals surface area contributed by atoms with Gasteiger partial charge >= 0.3 is 0 Å². The zero-order chi connectivity index (χ0) is 23.9. The molecule has 1 N–H and O–H groups in total. The lowest BCUT2D eigenvalue weighted by molar-refractivity contribution is -0.111. The first-order chi connectivity index (χ1) is 17.2. The maximum atomic E-state index is 12.4. The third kappa shape index (κ3) is 6.08. The number of furan rings is 1. The van der Waals surface area contributed by atoms with Gasteiger partial charge in [-0.3, -0.25) is 9.69 Å². The molecule has 1 aliphatic heterocycles. The zero-order valence-corrected chi connectivity index (χ0v) is 19.6. The van der Waals surface area contributed by atoms with Gasteiger partial charge < -0.3 is 14.6 Å². The van der Waals surface area contributed by atoms with Gasteiger partial charge in [-0.25, -0.2) is 0 Å². The van der Waals surface area contributed by atoms with E-state index in [1.807, 2.05) is 54.6 Å². The summed E-state index contributed by atoms with van der Waals surface area (Å²) in [6, 6.07) is 32.4. The van der Waals surface area contributed by atoms with E-state index in [9.17, 15) is 4.79 Å². The van der Waals surface area contributed by atoms with Gasteiger partial charge in [0, 0.05) is 55.7 Å². The predicted octanol–water partition coefficient (Wildman–Crippen LogP) is 5.92. The van der Waals surface area contributed by atoms with Crippen LogP contribution in [-0.2, 0) is 11.3 Å². The predicted molar refractivity (Wildman–Crippen MR) is 142 cm³/mol. The second-order valence-electron chi connectivity index (χ2n) is 8.69. The van der Waals surface area contributed by atoms with Crippen molar-refractivity contribution < 1.29 is 9.21 Å². The molecule has 0 spiro atoms. The van der Waals surface area contributed by atoms with Crippen molar-refractivity contribution in [2.45, 2.75) is 6.54 Å². The Labute approximate surface area is 206 Å². The fourth-order valence-corrected chi connectivity index (χ4v) is 4.30. The molecule has 1 saturated heterocycles. The Kier molecular flexibility index (Phi) is 7.06. The number of amides is 1.